The molecular formula is C64H108N2O51. The Labute approximate surface area is 660 Å². The molecule has 0 aromatic heterocycles. The van der Waals surface area contributed by atoms with Crippen LogP contribution in [0, 0.1) is 0 Å². The molecule has 50 atom stereocenters. The Kier molecular flexibility index (Phi) is 34.4. The van der Waals surface area contributed by atoms with E-state index >= 15 is 0 Å². The summed E-state index contributed by atoms with van der Waals surface area (Å²) in [4.78, 5) is 25.2. The third kappa shape index (κ3) is 20.7. The molecule has 10 rings (SSSR count). The summed E-state index contributed by atoms with van der Waals surface area (Å²) in [7, 11) is 0. The summed E-state index contributed by atoms with van der Waals surface area (Å²) in [6, 6.07) is -3.63. The van der Waals surface area contributed by atoms with Crippen molar-refractivity contribution in [3.8, 4) is 0 Å². The van der Waals surface area contributed by atoms with Crippen molar-refractivity contribution in [3.05, 3.63) is 0 Å². The lowest BCUT2D eigenvalue weighted by molar-refractivity contribution is -0.411. The van der Waals surface area contributed by atoms with Gasteiger partial charge in [0.25, 0.3) is 0 Å². The second kappa shape index (κ2) is 41.9. The van der Waals surface area contributed by atoms with E-state index in [-0.39, 0.29) is 0 Å². The fourth-order valence-electron chi connectivity index (χ4n) is 15.0. The molecule has 0 spiro atoms. The molecule has 53 heteroatoms. The Morgan fingerprint density at radius 2 is 0.462 bits per heavy atom. The Bertz CT molecular complexity index is 3050. The largest absolute Gasteiger partial charge is 0.394 e. The molecule has 0 bridgehead atoms. The molecule has 0 radical (unpaired) electrons. The summed E-state index contributed by atoms with van der Waals surface area (Å²) in [6.07, 6.45) is -103. The van der Waals surface area contributed by atoms with Gasteiger partial charge in [0.1, 0.15) is 244 Å². The smallest absolute Gasteiger partial charge is 0.217 e. The summed E-state index contributed by atoms with van der Waals surface area (Å²) < 4.78 is 111. The molecule has 53 nitrogen and oxygen atoms in total. The zero-order valence-corrected chi connectivity index (χ0v) is 61.9. The second-order valence-corrected chi connectivity index (χ2v) is 29.5. The summed E-state index contributed by atoms with van der Waals surface area (Å²) in [6.45, 7) is -9.18. The predicted octanol–water partition coefficient (Wildman–Crippen LogP) is -22.5. The minimum atomic E-state index is -2.64. The standard InChI is InChI=1S/C64H108N2O51/c1-13(75)65-25-35(85)48(21(9-73)101-55(25)98)111-56-26(66-14(2)76)36(86)49(22(10-74)108-56)112-62-47(97)52(34(84)24(110-62)12-100-58-45(95)51(114-60-44(94)39(89)29(79)17(5-69)104-60)33(83)23(109-58)11-99-57-42(92)37(87)27(77)15(3-67)102-57)115-63-54(41(91)31(81)18(6-70)106-63)117-64-53(40(90)30(80)19(7-71)107-64)116-61-46(96)50(32(82)20(8-72)105-61)113-59-43(93)38(88)28(78)16(4-68)103-59/h15-64,67-74,77-98H,3-12H2,1-2H3,(H,65,75)(H,66,76)/t15-,16-,17-,18-,19-,20-,21-,22-,23-,24-,25-,26-,27-,28-,29-,30-,31-,32-,33-,34-,35-,36-,37+,38+,39+,40+,41+,42+,43-,44+,45+,46+,47+,48-,49-,50+,51+,52+,53+,54+,55-,56+,57+,58+,59?,60-,61-,62+,63-,64-/m1/s1. The number of ether oxygens (including phenoxy) is 19. The molecule has 32 N–H and O–H groups in total. The van der Waals surface area contributed by atoms with E-state index in [1.54, 1.807) is 0 Å². The third-order valence-corrected chi connectivity index (χ3v) is 21.7. The van der Waals surface area contributed by atoms with Gasteiger partial charge in [-0.3, -0.25) is 9.59 Å². The molecule has 117 heavy (non-hydrogen) atoms. The lowest BCUT2D eigenvalue weighted by Crippen LogP contribution is -2.70. The van der Waals surface area contributed by atoms with Gasteiger partial charge >= 0.3 is 0 Å². The number of carbonyl (C=O) groups excluding carboxylic acids is 2. The summed E-state index contributed by atoms with van der Waals surface area (Å²) >= 11 is 0. The highest BCUT2D eigenvalue weighted by atomic mass is 16.8. The van der Waals surface area contributed by atoms with Crippen LogP contribution in [-0.2, 0) is 99.6 Å². The fourth-order valence-corrected chi connectivity index (χ4v) is 15.0. The van der Waals surface area contributed by atoms with E-state index < -0.39 is 385 Å². The monoisotopic (exact) mass is 1720 g/mol. The number of amides is 2. The van der Waals surface area contributed by atoms with E-state index in [1.165, 1.54) is 0 Å². The molecule has 10 aliphatic rings. The number of aliphatic hydroxyl groups excluding tert-OH is 30. The molecule has 10 aliphatic heterocycles. The van der Waals surface area contributed by atoms with E-state index in [1.807, 2.05) is 0 Å². The van der Waals surface area contributed by atoms with Crippen molar-refractivity contribution < 1.29 is 253 Å². The van der Waals surface area contributed by atoms with E-state index in [0.717, 1.165) is 13.8 Å². The molecule has 0 aromatic rings. The molecule has 1 unspecified atom stereocenters. The van der Waals surface area contributed by atoms with Crippen LogP contribution < -0.4 is 10.6 Å². The maximum Gasteiger partial charge on any atom is 0.217 e. The highest BCUT2D eigenvalue weighted by Gasteiger charge is 2.62. The van der Waals surface area contributed by atoms with Gasteiger partial charge in [-0.05, 0) is 0 Å². The second-order valence-electron chi connectivity index (χ2n) is 29.5. The molecule has 680 valence electrons. The highest BCUT2D eigenvalue weighted by Crippen LogP contribution is 2.41. The number of hydrogen-bond acceptors (Lipinski definition) is 51. The first-order valence-electron chi connectivity index (χ1n) is 37.2. The zero-order chi connectivity index (χ0) is 85.9. The number of aliphatic hydroxyl groups is 30. The van der Waals surface area contributed by atoms with Crippen LogP contribution in [0.5, 0.6) is 0 Å². The zero-order valence-electron chi connectivity index (χ0n) is 61.9. The van der Waals surface area contributed by atoms with Crippen molar-refractivity contribution in [2.75, 3.05) is 66.1 Å². The molecule has 10 fully saturated rings. The van der Waals surface area contributed by atoms with E-state index in [2.05, 4.69) is 10.6 Å². The minimum absolute atomic E-state index is 0.804. The van der Waals surface area contributed by atoms with E-state index in [0.29, 0.717) is 0 Å². The lowest BCUT2D eigenvalue weighted by Gasteiger charge is -2.51. The first-order valence-corrected chi connectivity index (χ1v) is 37.2. The van der Waals surface area contributed by atoms with Crippen molar-refractivity contribution in [1.82, 2.24) is 10.6 Å². The van der Waals surface area contributed by atoms with Crippen LogP contribution >= 0.6 is 0 Å². The van der Waals surface area contributed by atoms with E-state index in [9.17, 15) is 163 Å². The summed E-state index contributed by atoms with van der Waals surface area (Å²) in [5.74, 6) is -1.77. The maximum atomic E-state index is 13.0. The van der Waals surface area contributed by atoms with Crippen LogP contribution in [0.4, 0.5) is 0 Å². The van der Waals surface area contributed by atoms with Gasteiger partial charge in [-0.15, -0.1) is 0 Å². The molecular weight excluding hydrogens is 1610 g/mol. The first kappa shape index (κ1) is 96.2. The molecule has 10 heterocycles. The number of hydrogen-bond donors (Lipinski definition) is 32. The minimum Gasteiger partial charge on any atom is -0.394 e. The van der Waals surface area contributed by atoms with Gasteiger partial charge in [0, 0.05) is 13.8 Å². The lowest BCUT2D eigenvalue weighted by atomic mass is 9.94. The SMILES string of the molecule is CC(=O)N[C@@H]1[C@@H](O)[C@H](O[C@@H]2O[C@H](CO)[C@@H](O[C@@H]3O[C@H](CO[C@H]4O[C@H](CO[C@H]5O[C@H](CO)[C@@H](O)[C@H](O)[C@@H]5O)[C@@H](O)[C@H](O[C@H]5O[C@H](CO)[C@@H](O)[C@H](O)[C@@H]5O)[C@@H]4O)[C@@H](O)[C@H](O[C@H]4O[C@H](CO)[C@@H](O)[C@H](O)[C@@H]4O[C@H]4O[C@H](CO)[C@@H](O)[C@H](O)[C@@H]4O[C@H]4O[C@H](CO)[C@@H](O)[C@H](OC5O[C@H](CO)[C@@H](O)[C@H](O)[C@H]5O)[C@@H]4O)[C@@H]3O)[C@H](O)[C@H]2NC(C)=O)[C@@H](CO)O[C@H]1O. The van der Waals surface area contributed by atoms with Crippen molar-refractivity contribution >= 4 is 11.8 Å². The normalized spacial score (nSPS) is 51.5. The van der Waals surface area contributed by atoms with Gasteiger partial charge in [0.05, 0.1) is 66.1 Å². The number of carbonyl (C=O) groups is 2. The first-order chi connectivity index (χ1) is 55.4. The number of nitrogens with one attached hydrogen (secondary N) is 2. The van der Waals surface area contributed by atoms with Gasteiger partial charge in [-0.1, -0.05) is 0 Å². The van der Waals surface area contributed by atoms with Crippen LogP contribution in [0.15, 0.2) is 0 Å². The maximum absolute atomic E-state index is 13.0. The van der Waals surface area contributed by atoms with Crippen molar-refractivity contribution in [2.24, 2.45) is 0 Å². The van der Waals surface area contributed by atoms with Crippen LogP contribution in [0.25, 0.3) is 0 Å². The van der Waals surface area contributed by atoms with Gasteiger partial charge in [-0.2, -0.15) is 0 Å². The van der Waals surface area contributed by atoms with Crippen molar-refractivity contribution in [2.45, 2.75) is 321 Å². The molecule has 0 aromatic carbocycles. The average Bonchev–Trinajstić information content (AvgIpc) is 0.773. The van der Waals surface area contributed by atoms with Gasteiger partial charge in [0.2, 0.25) is 11.8 Å². The Balaban J connectivity index is 0.986. The third-order valence-electron chi connectivity index (χ3n) is 21.7. The molecule has 0 aliphatic carbocycles. The molecule has 10 saturated heterocycles. The van der Waals surface area contributed by atoms with Crippen LogP contribution in [-0.4, -0.2) is 538 Å². The topological polar surface area (TPSA) is 840 Å². The fraction of sp³-hybridized carbons (Fsp3) is 0.969. The van der Waals surface area contributed by atoms with Crippen LogP contribution in [0.3, 0.4) is 0 Å². The number of rotatable bonds is 30. The summed E-state index contributed by atoms with van der Waals surface area (Å²) in [5, 5.41) is 337. The van der Waals surface area contributed by atoms with Gasteiger partial charge in [0.15, 0.2) is 62.9 Å². The van der Waals surface area contributed by atoms with Crippen molar-refractivity contribution in [3.63, 3.8) is 0 Å². The van der Waals surface area contributed by atoms with Crippen LogP contribution in [0.2, 0.25) is 0 Å². The van der Waals surface area contributed by atoms with Gasteiger partial charge < -0.3 is 254 Å². The Morgan fingerprint density at radius 3 is 0.855 bits per heavy atom. The summed E-state index contributed by atoms with van der Waals surface area (Å²) in [5.41, 5.74) is 0. The molecule has 0 saturated carbocycles. The van der Waals surface area contributed by atoms with Crippen molar-refractivity contribution in [1.29, 1.82) is 0 Å². The Morgan fingerprint density at radius 1 is 0.222 bits per heavy atom. The van der Waals surface area contributed by atoms with E-state index in [4.69, 9.17) is 90.0 Å². The predicted molar refractivity (Wildman–Crippen MR) is 353 cm³/mol. The Hall–Kier alpha value is -3.02. The quantitative estimate of drug-likeness (QED) is 0.0318. The highest BCUT2D eigenvalue weighted by molar-refractivity contribution is 5.73. The average molecular weight is 1720 g/mol. The van der Waals surface area contributed by atoms with Gasteiger partial charge in [-0.25, -0.2) is 0 Å². The van der Waals surface area contributed by atoms with Crippen LogP contribution in [0.1, 0.15) is 13.8 Å². The molecule has 2 amide bonds.